The number of ether oxygens (including phenoxy) is 2. The van der Waals surface area contributed by atoms with Gasteiger partial charge in [0.05, 0.1) is 13.7 Å². The number of rotatable bonds is 5. The fourth-order valence-electron chi connectivity index (χ4n) is 1.67. The number of methoxy groups -OCH3 is 1. The standard InChI is InChI=1S/C13H18ClNO3/c1-8-6-11(14)7-10(12(8)17-3)4-5-18-13(16)9(2)15/h6-7,9H,4-5,15H2,1-3H3. The van der Waals surface area contributed by atoms with Crippen LogP contribution in [0.1, 0.15) is 18.1 Å². The molecule has 0 aliphatic carbocycles. The maximum Gasteiger partial charge on any atom is 0.322 e. The van der Waals surface area contributed by atoms with Crippen LogP contribution in [0.15, 0.2) is 12.1 Å². The molecule has 0 aliphatic heterocycles. The highest BCUT2D eigenvalue weighted by molar-refractivity contribution is 6.30. The molecule has 0 aliphatic rings. The van der Waals surface area contributed by atoms with Gasteiger partial charge in [-0.05, 0) is 37.1 Å². The summed E-state index contributed by atoms with van der Waals surface area (Å²) in [6, 6.07) is 3.04. The maximum atomic E-state index is 11.2. The number of esters is 1. The third-order valence-corrected chi connectivity index (χ3v) is 2.73. The monoisotopic (exact) mass is 271 g/mol. The molecule has 0 saturated heterocycles. The van der Waals surface area contributed by atoms with Gasteiger partial charge in [0.25, 0.3) is 0 Å². The average molecular weight is 272 g/mol. The Bertz CT molecular complexity index is 432. The summed E-state index contributed by atoms with van der Waals surface area (Å²) in [7, 11) is 1.60. The summed E-state index contributed by atoms with van der Waals surface area (Å²) in [6.45, 7) is 3.77. The number of hydrogen-bond donors (Lipinski definition) is 1. The lowest BCUT2D eigenvalue weighted by atomic mass is 10.1. The van der Waals surface area contributed by atoms with Gasteiger partial charge in [-0.1, -0.05) is 11.6 Å². The number of benzene rings is 1. The molecule has 0 aromatic heterocycles. The zero-order valence-corrected chi connectivity index (χ0v) is 11.6. The van der Waals surface area contributed by atoms with E-state index < -0.39 is 12.0 Å². The zero-order valence-electron chi connectivity index (χ0n) is 10.8. The van der Waals surface area contributed by atoms with E-state index in [9.17, 15) is 4.79 Å². The van der Waals surface area contributed by atoms with E-state index in [0.717, 1.165) is 16.9 Å². The van der Waals surface area contributed by atoms with E-state index in [2.05, 4.69) is 0 Å². The van der Waals surface area contributed by atoms with E-state index >= 15 is 0 Å². The molecule has 1 unspecified atom stereocenters. The molecule has 0 heterocycles. The molecule has 5 heteroatoms. The van der Waals surface area contributed by atoms with Crippen molar-refractivity contribution in [1.29, 1.82) is 0 Å². The minimum Gasteiger partial charge on any atom is -0.496 e. The van der Waals surface area contributed by atoms with Gasteiger partial charge in [-0.3, -0.25) is 4.79 Å². The van der Waals surface area contributed by atoms with Gasteiger partial charge in [0.15, 0.2) is 0 Å². The predicted molar refractivity (Wildman–Crippen MR) is 71.1 cm³/mol. The van der Waals surface area contributed by atoms with Crippen molar-refractivity contribution in [1.82, 2.24) is 0 Å². The molecule has 4 nitrogen and oxygen atoms in total. The van der Waals surface area contributed by atoms with Crippen LogP contribution < -0.4 is 10.5 Å². The van der Waals surface area contributed by atoms with Gasteiger partial charge in [0.2, 0.25) is 0 Å². The van der Waals surface area contributed by atoms with E-state index in [1.54, 1.807) is 14.0 Å². The maximum absolute atomic E-state index is 11.2. The molecule has 1 rings (SSSR count). The molecule has 2 N–H and O–H groups in total. The predicted octanol–water partition coefficient (Wildman–Crippen LogP) is 2.09. The van der Waals surface area contributed by atoms with Crippen LogP contribution in [0, 0.1) is 6.92 Å². The Labute approximate surface area is 112 Å². The first kappa shape index (κ1) is 14.8. The summed E-state index contributed by atoms with van der Waals surface area (Å²) in [4.78, 5) is 11.2. The number of nitrogens with two attached hydrogens (primary N) is 1. The van der Waals surface area contributed by atoms with Crippen LogP contribution in [0.3, 0.4) is 0 Å². The normalized spacial score (nSPS) is 12.1. The summed E-state index contributed by atoms with van der Waals surface area (Å²) in [5.41, 5.74) is 7.27. The third-order valence-electron chi connectivity index (χ3n) is 2.51. The average Bonchev–Trinajstić information content (AvgIpc) is 2.28. The molecule has 1 aromatic rings. The topological polar surface area (TPSA) is 61.5 Å². The van der Waals surface area contributed by atoms with Crippen molar-refractivity contribution in [3.63, 3.8) is 0 Å². The van der Waals surface area contributed by atoms with Crippen LogP contribution in [0.4, 0.5) is 0 Å². The minimum absolute atomic E-state index is 0.260. The largest absolute Gasteiger partial charge is 0.496 e. The number of carbonyl (C=O) groups excluding carboxylic acids is 1. The quantitative estimate of drug-likeness (QED) is 0.833. The Balaban J connectivity index is 2.70. The van der Waals surface area contributed by atoms with E-state index in [0.29, 0.717) is 11.4 Å². The highest BCUT2D eigenvalue weighted by Gasteiger charge is 2.11. The van der Waals surface area contributed by atoms with Crippen molar-refractivity contribution in [3.05, 3.63) is 28.3 Å². The second-order valence-corrected chi connectivity index (χ2v) is 4.56. The van der Waals surface area contributed by atoms with Gasteiger partial charge < -0.3 is 15.2 Å². The number of halogens is 1. The Morgan fingerprint density at radius 1 is 1.50 bits per heavy atom. The summed E-state index contributed by atoms with van der Waals surface area (Å²) >= 11 is 5.99. The molecule has 0 radical (unpaired) electrons. The highest BCUT2D eigenvalue weighted by Crippen LogP contribution is 2.27. The fraction of sp³-hybridized carbons (Fsp3) is 0.462. The van der Waals surface area contributed by atoms with Crippen LogP contribution in [0.25, 0.3) is 0 Å². The minimum atomic E-state index is -0.604. The number of aryl methyl sites for hydroxylation is 1. The molecule has 100 valence electrons. The smallest absolute Gasteiger partial charge is 0.322 e. The molecule has 0 saturated carbocycles. The van der Waals surface area contributed by atoms with Crippen LogP contribution in [0.5, 0.6) is 5.75 Å². The molecule has 0 spiro atoms. The van der Waals surface area contributed by atoms with E-state index in [1.165, 1.54) is 0 Å². The number of hydrogen-bond acceptors (Lipinski definition) is 4. The van der Waals surface area contributed by atoms with Gasteiger partial charge >= 0.3 is 5.97 Å². The third kappa shape index (κ3) is 3.89. The Morgan fingerprint density at radius 3 is 2.72 bits per heavy atom. The van der Waals surface area contributed by atoms with Crippen molar-refractivity contribution in [2.45, 2.75) is 26.3 Å². The van der Waals surface area contributed by atoms with Gasteiger partial charge in [0.1, 0.15) is 11.8 Å². The first-order valence-electron chi connectivity index (χ1n) is 5.71. The van der Waals surface area contributed by atoms with E-state index in [4.69, 9.17) is 26.8 Å². The molecule has 1 aromatic carbocycles. The summed E-state index contributed by atoms with van der Waals surface area (Å²) in [5, 5.41) is 0.641. The second-order valence-electron chi connectivity index (χ2n) is 4.12. The lowest BCUT2D eigenvalue weighted by Crippen LogP contribution is -2.29. The second kappa shape index (κ2) is 6.61. The summed E-state index contributed by atoms with van der Waals surface area (Å²) in [5.74, 6) is 0.365. The van der Waals surface area contributed by atoms with Crippen LogP contribution >= 0.6 is 11.6 Å². The van der Waals surface area contributed by atoms with Gasteiger partial charge in [-0.2, -0.15) is 0 Å². The van der Waals surface area contributed by atoms with Crippen molar-refractivity contribution < 1.29 is 14.3 Å². The Morgan fingerprint density at radius 2 is 2.17 bits per heavy atom. The van der Waals surface area contributed by atoms with Crippen LogP contribution in [0.2, 0.25) is 5.02 Å². The first-order chi connectivity index (χ1) is 8.45. The van der Waals surface area contributed by atoms with Crippen molar-refractivity contribution >= 4 is 17.6 Å². The molecule has 18 heavy (non-hydrogen) atoms. The molecular formula is C13H18ClNO3. The van der Waals surface area contributed by atoms with Crippen molar-refractivity contribution in [2.75, 3.05) is 13.7 Å². The fourth-order valence-corrected chi connectivity index (χ4v) is 1.97. The van der Waals surface area contributed by atoms with Crippen LogP contribution in [-0.2, 0) is 16.0 Å². The molecule has 0 amide bonds. The molecule has 0 bridgehead atoms. The highest BCUT2D eigenvalue weighted by atomic mass is 35.5. The Hall–Kier alpha value is -1.26. The summed E-state index contributed by atoms with van der Waals surface area (Å²) < 4.78 is 10.3. The van der Waals surface area contributed by atoms with E-state index in [-0.39, 0.29) is 6.61 Å². The van der Waals surface area contributed by atoms with Crippen molar-refractivity contribution in [3.8, 4) is 5.75 Å². The van der Waals surface area contributed by atoms with Gasteiger partial charge in [-0.15, -0.1) is 0 Å². The summed E-state index contributed by atoms with van der Waals surface area (Å²) in [6.07, 6.45) is 0.545. The van der Waals surface area contributed by atoms with Gasteiger partial charge in [0, 0.05) is 11.4 Å². The van der Waals surface area contributed by atoms with Crippen molar-refractivity contribution in [2.24, 2.45) is 5.73 Å². The lowest BCUT2D eigenvalue weighted by molar-refractivity contribution is -0.144. The van der Waals surface area contributed by atoms with E-state index in [1.807, 2.05) is 19.1 Å². The SMILES string of the molecule is COc1c(C)cc(Cl)cc1CCOC(=O)C(C)N. The van der Waals surface area contributed by atoms with Gasteiger partial charge in [-0.25, -0.2) is 0 Å². The zero-order chi connectivity index (χ0) is 13.7. The molecule has 0 fully saturated rings. The number of carbonyl (C=O) groups is 1. The molecule has 1 atom stereocenters. The first-order valence-corrected chi connectivity index (χ1v) is 6.08. The Kier molecular flexibility index (Phi) is 5.44. The molecular weight excluding hydrogens is 254 g/mol. The van der Waals surface area contributed by atoms with Crippen LogP contribution in [-0.4, -0.2) is 25.7 Å². The lowest BCUT2D eigenvalue weighted by Gasteiger charge is -2.13.